The van der Waals surface area contributed by atoms with E-state index in [0.717, 1.165) is 30.0 Å². The number of hydrogen-bond donors (Lipinski definition) is 1. The van der Waals surface area contributed by atoms with Crippen molar-refractivity contribution in [1.82, 2.24) is 15.5 Å². The van der Waals surface area contributed by atoms with E-state index in [1.807, 2.05) is 6.92 Å². The van der Waals surface area contributed by atoms with Crippen molar-refractivity contribution in [3.8, 4) is 10.6 Å². The van der Waals surface area contributed by atoms with Crippen LogP contribution in [0.15, 0.2) is 12.1 Å². The molecule has 1 aromatic heterocycles. The molecular weight excluding hydrogens is 263 g/mol. The van der Waals surface area contributed by atoms with Crippen molar-refractivity contribution in [2.45, 2.75) is 13.5 Å². The first-order valence-corrected chi connectivity index (χ1v) is 6.12. The topological polar surface area (TPSA) is 37.8 Å². The minimum atomic E-state index is -1.49. The van der Waals surface area contributed by atoms with Crippen LogP contribution in [0.5, 0.6) is 0 Å². The van der Waals surface area contributed by atoms with Crippen LogP contribution in [-0.2, 0) is 6.54 Å². The largest absolute Gasteiger partial charge is 0.311 e. The Balaban J connectivity index is 2.31. The molecule has 0 aliphatic rings. The van der Waals surface area contributed by atoms with Crippen LogP contribution >= 0.6 is 11.3 Å². The summed E-state index contributed by atoms with van der Waals surface area (Å²) in [5.41, 5.74) is -0.0749. The zero-order valence-electron chi connectivity index (χ0n) is 9.51. The van der Waals surface area contributed by atoms with Gasteiger partial charge >= 0.3 is 0 Å². The minimum absolute atomic E-state index is 0.0749. The van der Waals surface area contributed by atoms with E-state index in [0.29, 0.717) is 11.6 Å². The van der Waals surface area contributed by atoms with Gasteiger partial charge in [-0.2, -0.15) is 0 Å². The summed E-state index contributed by atoms with van der Waals surface area (Å²) >= 11 is 1.14. The second-order valence-electron chi connectivity index (χ2n) is 3.50. The molecule has 18 heavy (non-hydrogen) atoms. The van der Waals surface area contributed by atoms with Gasteiger partial charge in [0.05, 0.1) is 5.56 Å². The number of nitrogens with zero attached hydrogens (tertiary/aromatic N) is 2. The summed E-state index contributed by atoms with van der Waals surface area (Å²) in [5.74, 6) is -3.94. The summed E-state index contributed by atoms with van der Waals surface area (Å²) < 4.78 is 39.4. The van der Waals surface area contributed by atoms with Gasteiger partial charge in [-0.1, -0.05) is 18.3 Å². The fourth-order valence-electron chi connectivity index (χ4n) is 1.36. The van der Waals surface area contributed by atoms with Gasteiger partial charge in [-0.05, 0) is 18.7 Å². The van der Waals surface area contributed by atoms with E-state index in [9.17, 15) is 13.2 Å². The van der Waals surface area contributed by atoms with Crippen molar-refractivity contribution >= 4 is 11.3 Å². The van der Waals surface area contributed by atoms with Crippen LogP contribution in [0.25, 0.3) is 10.6 Å². The maximum absolute atomic E-state index is 13.5. The van der Waals surface area contributed by atoms with Crippen molar-refractivity contribution in [2.24, 2.45) is 0 Å². The highest BCUT2D eigenvalue weighted by Gasteiger charge is 2.17. The molecular formula is C11H10F3N3S. The van der Waals surface area contributed by atoms with E-state index in [1.165, 1.54) is 0 Å². The molecule has 3 nitrogen and oxygen atoms in total. The molecule has 0 amide bonds. The van der Waals surface area contributed by atoms with Gasteiger partial charge in [0.15, 0.2) is 22.5 Å². The molecule has 1 N–H and O–H groups in total. The lowest BCUT2D eigenvalue weighted by molar-refractivity contribution is 0.449. The maximum Gasteiger partial charge on any atom is 0.195 e. The first-order valence-electron chi connectivity index (χ1n) is 5.30. The first-order chi connectivity index (χ1) is 8.63. The van der Waals surface area contributed by atoms with Crippen LogP contribution in [-0.4, -0.2) is 16.7 Å². The summed E-state index contributed by atoms with van der Waals surface area (Å²) in [4.78, 5) is 0. The Morgan fingerprint density at radius 3 is 2.67 bits per heavy atom. The number of hydrogen-bond acceptors (Lipinski definition) is 4. The fraction of sp³-hybridized carbons (Fsp3) is 0.273. The SMILES string of the molecule is CCNCc1nnc(-c2ccc(F)c(F)c2F)s1. The second kappa shape index (κ2) is 5.45. The molecule has 2 rings (SSSR count). The average Bonchev–Trinajstić information content (AvgIpc) is 2.82. The Morgan fingerprint density at radius 1 is 1.17 bits per heavy atom. The molecule has 2 aromatic rings. The summed E-state index contributed by atoms with van der Waals surface area (Å²) in [6.07, 6.45) is 0. The molecule has 0 saturated heterocycles. The number of aromatic nitrogens is 2. The van der Waals surface area contributed by atoms with Crippen molar-refractivity contribution in [3.63, 3.8) is 0 Å². The zero-order valence-corrected chi connectivity index (χ0v) is 10.3. The number of rotatable bonds is 4. The molecule has 96 valence electrons. The zero-order chi connectivity index (χ0) is 13.1. The van der Waals surface area contributed by atoms with Crippen molar-refractivity contribution in [3.05, 3.63) is 34.6 Å². The van der Waals surface area contributed by atoms with Crippen LogP contribution in [0.4, 0.5) is 13.2 Å². The Morgan fingerprint density at radius 2 is 1.94 bits per heavy atom. The quantitative estimate of drug-likeness (QED) is 0.870. The van der Waals surface area contributed by atoms with Gasteiger partial charge in [0.1, 0.15) is 5.01 Å². The monoisotopic (exact) mass is 273 g/mol. The predicted octanol–water partition coefficient (Wildman–Crippen LogP) is 2.73. The Labute approximate surface area is 106 Å². The molecule has 0 fully saturated rings. The second-order valence-corrected chi connectivity index (χ2v) is 4.57. The lowest BCUT2D eigenvalue weighted by Crippen LogP contribution is -2.11. The van der Waals surface area contributed by atoms with Crippen LogP contribution in [0, 0.1) is 17.5 Å². The first kappa shape index (κ1) is 13.0. The third kappa shape index (κ3) is 2.51. The normalized spacial score (nSPS) is 10.9. The Hall–Kier alpha value is -1.47. The van der Waals surface area contributed by atoms with Gasteiger partial charge < -0.3 is 5.32 Å². The van der Waals surface area contributed by atoms with E-state index >= 15 is 0 Å². The van der Waals surface area contributed by atoms with E-state index < -0.39 is 17.5 Å². The third-order valence-corrected chi connectivity index (χ3v) is 3.22. The number of nitrogens with one attached hydrogen (secondary N) is 1. The van der Waals surface area contributed by atoms with Gasteiger partial charge in [0.25, 0.3) is 0 Å². The fourth-order valence-corrected chi connectivity index (χ4v) is 2.19. The molecule has 0 saturated carbocycles. The van der Waals surface area contributed by atoms with Gasteiger partial charge in [-0.15, -0.1) is 10.2 Å². The summed E-state index contributed by atoms with van der Waals surface area (Å²) in [5, 5.41) is 11.6. The molecule has 0 bridgehead atoms. The molecule has 0 spiro atoms. The maximum atomic E-state index is 13.5. The van der Waals surface area contributed by atoms with Gasteiger partial charge in [-0.3, -0.25) is 0 Å². The molecule has 0 atom stereocenters. The Bertz CT molecular complexity index is 556. The van der Waals surface area contributed by atoms with Crippen molar-refractivity contribution < 1.29 is 13.2 Å². The van der Waals surface area contributed by atoms with Crippen molar-refractivity contribution in [2.75, 3.05) is 6.54 Å². The van der Waals surface area contributed by atoms with E-state index in [-0.39, 0.29) is 10.6 Å². The smallest absolute Gasteiger partial charge is 0.195 e. The number of halogens is 3. The minimum Gasteiger partial charge on any atom is -0.311 e. The number of benzene rings is 1. The van der Waals surface area contributed by atoms with Gasteiger partial charge in [0.2, 0.25) is 0 Å². The van der Waals surface area contributed by atoms with Gasteiger partial charge in [0, 0.05) is 6.54 Å². The predicted molar refractivity (Wildman–Crippen MR) is 62.6 cm³/mol. The molecule has 0 unspecified atom stereocenters. The lowest BCUT2D eigenvalue weighted by Gasteiger charge is -2.00. The van der Waals surface area contributed by atoms with E-state index in [2.05, 4.69) is 15.5 Å². The molecule has 7 heteroatoms. The highest BCUT2D eigenvalue weighted by Crippen LogP contribution is 2.28. The van der Waals surface area contributed by atoms with Crippen LogP contribution in [0.3, 0.4) is 0 Å². The van der Waals surface area contributed by atoms with E-state index in [4.69, 9.17) is 0 Å². The summed E-state index contributed by atoms with van der Waals surface area (Å²) in [6.45, 7) is 3.23. The van der Waals surface area contributed by atoms with Crippen LogP contribution < -0.4 is 5.32 Å². The summed E-state index contributed by atoms with van der Waals surface area (Å²) in [6, 6.07) is 2.03. The average molecular weight is 273 g/mol. The third-order valence-electron chi connectivity index (χ3n) is 2.26. The highest BCUT2D eigenvalue weighted by molar-refractivity contribution is 7.14. The molecule has 0 aliphatic carbocycles. The van der Waals surface area contributed by atoms with Gasteiger partial charge in [-0.25, -0.2) is 13.2 Å². The standard InChI is InChI=1S/C11H10F3N3S/c1-2-15-5-8-16-17-11(18-8)6-3-4-7(12)10(14)9(6)13/h3-4,15H,2,5H2,1H3. The highest BCUT2D eigenvalue weighted by atomic mass is 32.1. The van der Waals surface area contributed by atoms with Crippen molar-refractivity contribution in [1.29, 1.82) is 0 Å². The molecule has 1 aromatic carbocycles. The van der Waals surface area contributed by atoms with E-state index in [1.54, 1.807) is 0 Å². The lowest BCUT2D eigenvalue weighted by atomic mass is 10.2. The molecule has 0 aliphatic heterocycles. The molecule has 0 radical (unpaired) electrons. The molecule has 1 heterocycles. The van der Waals surface area contributed by atoms with Crippen LogP contribution in [0.2, 0.25) is 0 Å². The Kier molecular flexibility index (Phi) is 3.93. The van der Waals surface area contributed by atoms with Crippen LogP contribution in [0.1, 0.15) is 11.9 Å². The summed E-state index contributed by atoms with van der Waals surface area (Å²) in [7, 11) is 0.